The molecule has 0 aliphatic rings. The highest BCUT2D eigenvalue weighted by Crippen LogP contribution is 2.40. The van der Waals surface area contributed by atoms with Crippen molar-refractivity contribution in [1.82, 2.24) is 0 Å². The molecule has 1 unspecified atom stereocenters. The van der Waals surface area contributed by atoms with Crippen LogP contribution >= 0.6 is 0 Å². The lowest BCUT2D eigenvalue weighted by atomic mass is 9.80. The summed E-state index contributed by atoms with van der Waals surface area (Å²) < 4.78 is 6.52. The minimum atomic E-state index is -0.669. The summed E-state index contributed by atoms with van der Waals surface area (Å²) in [6.45, 7) is 2.43. The first-order valence-electron chi connectivity index (χ1n) is 8.29. The molecule has 0 amide bonds. The lowest BCUT2D eigenvalue weighted by molar-refractivity contribution is 0.00717. The Balaban J connectivity index is 2.24. The maximum Gasteiger partial charge on any atom is 0.143 e. The Kier molecular flexibility index (Phi) is 5.09. The lowest BCUT2D eigenvalue weighted by Crippen LogP contribution is -2.37. The topological polar surface area (TPSA) is 35.2 Å². The Hall–Kier alpha value is -2.42. The van der Waals surface area contributed by atoms with Crippen molar-refractivity contribution in [2.75, 3.05) is 6.61 Å². The fraction of sp³-hybridized carbons (Fsp3) is 0.182. The van der Waals surface area contributed by atoms with Gasteiger partial charge in [0.1, 0.15) is 5.60 Å². The Morgan fingerprint density at radius 3 is 1.33 bits per heavy atom. The zero-order valence-electron chi connectivity index (χ0n) is 13.9. The second-order valence-electron chi connectivity index (χ2n) is 6.07. The average Bonchev–Trinajstić information content (AvgIpc) is 2.65. The fourth-order valence-electron chi connectivity index (χ4n) is 3.03. The van der Waals surface area contributed by atoms with Crippen molar-refractivity contribution in [2.24, 2.45) is 5.73 Å². The molecule has 1 atom stereocenters. The molecule has 0 bridgehead atoms. The van der Waals surface area contributed by atoms with Crippen molar-refractivity contribution < 1.29 is 4.74 Å². The van der Waals surface area contributed by atoms with E-state index in [4.69, 9.17) is 10.5 Å². The molecule has 0 fully saturated rings. The van der Waals surface area contributed by atoms with Gasteiger partial charge in [0.15, 0.2) is 0 Å². The second kappa shape index (κ2) is 7.43. The highest BCUT2D eigenvalue weighted by Gasteiger charge is 2.37. The van der Waals surface area contributed by atoms with Gasteiger partial charge in [-0.2, -0.15) is 0 Å². The van der Waals surface area contributed by atoms with Crippen molar-refractivity contribution in [1.29, 1.82) is 0 Å². The third-order valence-electron chi connectivity index (χ3n) is 4.10. The molecule has 0 aromatic heterocycles. The Morgan fingerprint density at radius 2 is 1.04 bits per heavy atom. The van der Waals surface area contributed by atoms with Gasteiger partial charge in [-0.3, -0.25) is 0 Å². The van der Waals surface area contributed by atoms with Crippen LogP contribution in [-0.4, -0.2) is 12.6 Å². The molecule has 0 saturated carbocycles. The van der Waals surface area contributed by atoms with Crippen molar-refractivity contribution in [3.05, 3.63) is 108 Å². The number of nitrogens with two attached hydrogens (primary N) is 1. The molecule has 0 saturated heterocycles. The summed E-state index contributed by atoms with van der Waals surface area (Å²) in [5.41, 5.74) is 8.64. The van der Waals surface area contributed by atoms with Crippen LogP contribution in [0.2, 0.25) is 0 Å². The van der Waals surface area contributed by atoms with E-state index in [1.165, 1.54) is 0 Å². The fourth-order valence-corrected chi connectivity index (χ4v) is 3.03. The minimum Gasteiger partial charge on any atom is -0.359 e. The molecule has 2 N–H and O–H groups in total. The van der Waals surface area contributed by atoms with E-state index in [9.17, 15) is 0 Å². The van der Waals surface area contributed by atoms with Gasteiger partial charge in [0.05, 0.1) is 6.61 Å². The second-order valence-corrected chi connectivity index (χ2v) is 6.07. The third kappa shape index (κ3) is 3.25. The van der Waals surface area contributed by atoms with Crippen LogP contribution in [0.25, 0.3) is 0 Å². The van der Waals surface area contributed by atoms with Crippen molar-refractivity contribution in [3.63, 3.8) is 0 Å². The summed E-state index contributed by atoms with van der Waals surface area (Å²) >= 11 is 0. The van der Waals surface area contributed by atoms with Gasteiger partial charge in [-0.15, -0.1) is 0 Å². The number of hydrogen-bond acceptors (Lipinski definition) is 2. The van der Waals surface area contributed by atoms with Crippen LogP contribution in [0.5, 0.6) is 0 Å². The largest absolute Gasteiger partial charge is 0.359 e. The standard InChI is InChI=1S/C22H23NO/c1-18(23)17-24-22(19-11-5-2-6-12-19,20-13-7-3-8-14-20)21-15-9-4-10-16-21/h2-16,18H,17,23H2,1H3. The number of hydrogen-bond donors (Lipinski definition) is 1. The highest BCUT2D eigenvalue weighted by atomic mass is 16.5. The molecule has 24 heavy (non-hydrogen) atoms. The van der Waals surface area contributed by atoms with E-state index in [0.717, 1.165) is 16.7 Å². The average molecular weight is 317 g/mol. The molecule has 0 aliphatic heterocycles. The van der Waals surface area contributed by atoms with Crippen LogP contribution < -0.4 is 5.73 Å². The summed E-state index contributed by atoms with van der Waals surface area (Å²) in [7, 11) is 0. The van der Waals surface area contributed by atoms with Gasteiger partial charge >= 0.3 is 0 Å². The number of benzene rings is 3. The van der Waals surface area contributed by atoms with Crippen LogP contribution in [0.1, 0.15) is 23.6 Å². The summed E-state index contributed by atoms with van der Waals surface area (Å²) in [6.07, 6.45) is 0. The molecular formula is C22H23NO. The summed E-state index contributed by atoms with van der Waals surface area (Å²) in [6, 6.07) is 31.0. The smallest absolute Gasteiger partial charge is 0.143 e. The van der Waals surface area contributed by atoms with Crippen LogP contribution in [-0.2, 0) is 10.3 Å². The first kappa shape index (κ1) is 16.4. The molecule has 0 aliphatic carbocycles. The van der Waals surface area contributed by atoms with Gasteiger partial charge < -0.3 is 10.5 Å². The molecule has 0 spiro atoms. The lowest BCUT2D eigenvalue weighted by Gasteiger charge is -2.36. The first-order valence-corrected chi connectivity index (χ1v) is 8.29. The summed E-state index contributed by atoms with van der Waals surface area (Å²) in [5.74, 6) is 0. The maximum atomic E-state index is 6.52. The SMILES string of the molecule is CC(N)COC(c1ccccc1)(c1ccccc1)c1ccccc1. The first-order chi connectivity index (χ1) is 11.7. The van der Waals surface area contributed by atoms with Crippen molar-refractivity contribution in [2.45, 2.75) is 18.6 Å². The Bertz CT molecular complexity index is 642. The molecule has 0 radical (unpaired) electrons. The molecule has 2 nitrogen and oxygen atoms in total. The van der Waals surface area contributed by atoms with Crippen LogP contribution in [0.15, 0.2) is 91.0 Å². The molecule has 3 aromatic rings. The van der Waals surface area contributed by atoms with E-state index in [-0.39, 0.29) is 6.04 Å². The molecule has 3 aromatic carbocycles. The highest BCUT2D eigenvalue weighted by molar-refractivity contribution is 5.47. The van der Waals surface area contributed by atoms with E-state index in [2.05, 4.69) is 36.4 Å². The molecular weight excluding hydrogens is 294 g/mol. The van der Waals surface area contributed by atoms with Crippen molar-refractivity contribution >= 4 is 0 Å². The van der Waals surface area contributed by atoms with Crippen molar-refractivity contribution in [3.8, 4) is 0 Å². The number of rotatable bonds is 6. The molecule has 0 heterocycles. The van der Waals surface area contributed by atoms with E-state index in [1.54, 1.807) is 0 Å². The van der Waals surface area contributed by atoms with Gasteiger partial charge in [-0.05, 0) is 23.6 Å². The summed E-state index contributed by atoms with van der Waals surface area (Å²) in [4.78, 5) is 0. The van der Waals surface area contributed by atoms with Gasteiger partial charge in [-0.25, -0.2) is 0 Å². The zero-order valence-corrected chi connectivity index (χ0v) is 13.9. The van der Waals surface area contributed by atoms with Crippen LogP contribution in [0.3, 0.4) is 0 Å². The summed E-state index contributed by atoms with van der Waals surface area (Å²) in [5, 5.41) is 0. The van der Waals surface area contributed by atoms with Crippen LogP contribution in [0, 0.1) is 0 Å². The van der Waals surface area contributed by atoms with E-state index in [0.29, 0.717) is 6.61 Å². The molecule has 122 valence electrons. The van der Waals surface area contributed by atoms with E-state index >= 15 is 0 Å². The van der Waals surface area contributed by atoms with E-state index in [1.807, 2.05) is 61.5 Å². The monoisotopic (exact) mass is 317 g/mol. The third-order valence-corrected chi connectivity index (χ3v) is 4.10. The zero-order chi connectivity index (χ0) is 16.8. The normalized spacial score (nSPS) is 12.8. The van der Waals surface area contributed by atoms with Gasteiger partial charge in [0.25, 0.3) is 0 Å². The minimum absolute atomic E-state index is 0.0412. The van der Waals surface area contributed by atoms with Gasteiger partial charge in [0, 0.05) is 6.04 Å². The maximum absolute atomic E-state index is 6.52. The quantitative estimate of drug-likeness (QED) is 0.686. The number of ether oxygens (including phenoxy) is 1. The molecule has 2 heteroatoms. The van der Waals surface area contributed by atoms with E-state index < -0.39 is 5.60 Å². The predicted octanol–water partition coefficient (Wildman–Crippen LogP) is 4.34. The molecule has 3 rings (SSSR count). The Labute approximate surface area is 143 Å². The Morgan fingerprint density at radius 1 is 0.708 bits per heavy atom. The predicted molar refractivity (Wildman–Crippen MR) is 98.8 cm³/mol. The van der Waals surface area contributed by atoms with Gasteiger partial charge in [-0.1, -0.05) is 91.0 Å². The van der Waals surface area contributed by atoms with Crippen LogP contribution in [0.4, 0.5) is 0 Å². The van der Waals surface area contributed by atoms with Gasteiger partial charge in [0.2, 0.25) is 0 Å².